The van der Waals surface area contributed by atoms with Gasteiger partial charge in [-0.2, -0.15) is 4.31 Å². The van der Waals surface area contributed by atoms with Crippen molar-refractivity contribution in [1.29, 1.82) is 0 Å². The number of sulfonamides is 1. The zero-order valence-electron chi connectivity index (χ0n) is 10.7. The third-order valence-corrected chi connectivity index (χ3v) is 6.40. The largest absolute Gasteiger partial charge is 0.244 e. The molecule has 0 aromatic heterocycles. The Kier molecular flexibility index (Phi) is 6.79. The summed E-state index contributed by atoms with van der Waals surface area (Å²) in [5.41, 5.74) is 0. The van der Waals surface area contributed by atoms with Crippen molar-refractivity contribution in [3.8, 4) is 0 Å². The maximum atomic E-state index is 12.7. The molecule has 0 unspecified atom stereocenters. The van der Waals surface area contributed by atoms with Gasteiger partial charge in [0.2, 0.25) is 10.0 Å². The fourth-order valence-electron chi connectivity index (χ4n) is 1.67. The minimum absolute atomic E-state index is 0.112. The van der Waals surface area contributed by atoms with E-state index in [1.54, 1.807) is 18.2 Å². The predicted octanol–water partition coefficient (Wildman–Crippen LogP) is 4.24. The fourth-order valence-corrected chi connectivity index (χ4v) is 4.93. The quantitative estimate of drug-likeness (QED) is 0.630. The van der Waals surface area contributed by atoms with Crippen LogP contribution in [-0.2, 0) is 10.0 Å². The van der Waals surface area contributed by atoms with Crippen molar-refractivity contribution in [2.75, 3.05) is 12.4 Å². The third kappa shape index (κ3) is 4.43. The van der Waals surface area contributed by atoms with Gasteiger partial charge in [0.25, 0.3) is 0 Å². The summed E-state index contributed by atoms with van der Waals surface area (Å²) in [4.78, 5) is 0.269. The first-order valence-electron chi connectivity index (χ1n) is 5.83. The predicted molar refractivity (Wildman–Crippen MR) is 86.2 cm³/mol. The molecule has 0 bridgehead atoms. The molecule has 1 rings (SSSR count). The van der Waals surface area contributed by atoms with Gasteiger partial charge in [0.15, 0.2) is 0 Å². The lowest BCUT2D eigenvalue weighted by Crippen LogP contribution is -2.38. The van der Waals surface area contributed by atoms with Gasteiger partial charge in [-0.1, -0.05) is 15.9 Å². The van der Waals surface area contributed by atoms with Gasteiger partial charge in [-0.15, -0.1) is 11.6 Å². The highest BCUT2D eigenvalue weighted by Gasteiger charge is 2.28. The number of hydrogen-bond acceptors (Lipinski definition) is 2. The van der Waals surface area contributed by atoms with Gasteiger partial charge in [-0.25, -0.2) is 8.42 Å². The molecule has 1 aromatic carbocycles. The Hall–Kier alpha value is 0.380. The Labute approximate surface area is 136 Å². The van der Waals surface area contributed by atoms with Gasteiger partial charge < -0.3 is 0 Å². The molecule has 0 fully saturated rings. The number of alkyl halides is 1. The molecule has 0 spiro atoms. The fraction of sp³-hybridized carbons (Fsp3) is 0.500. The summed E-state index contributed by atoms with van der Waals surface area (Å²) < 4.78 is 28.1. The Bertz CT molecular complexity index is 535. The second kappa shape index (κ2) is 7.41. The SMILES string of the molecule is CC(C)N(CCCCl)S(=O)(=O)c1cc(Br)ccc1Br. The standard InChI is InChI=1S/C12H16Br2ClNO2S/c1-9(2)16(7-3-6-15)19(17,18)12-8-10(13)4-5-11(12)14/h4-5,8-9H,3,6-7H2,1-2H3. The van der Waals surface area contributed by atoms with Crippen molar-refractivity contribution in [3.05, 3.63) is 27.1 Å². The van der Waals surface area contributed by atoms with Crippen molar-refractivity contribution in [2.24, 2.45) is 0 Å². The van der Waals surface area contributed by atoms with E-state index in [9.17, 15) is 8.42 Å². The van der Waals surface area contributed by atoms with E-state index in [-0.39, 0.29) is 10.9 Å². The zero-order valence-corrected chi connectivity index (χ0v) is 15.5. The normalized spacial score (nSPS) is 12.4. The first-order chi connectivity index (χ1) is 8.80. The Balaban J connectivity index is 3.22. The molecule has 0 atom stereocenters. The molecule has 0 heterocycles. The van der Waals surface area contributed by atoms with Gasteiger partial charge in [0, 0.05) is 27.4 Å². The van der Waals surface area contributed by atoms with Gasteiger partial charge >= 0.3 is 0 Å². The summed E-state index contributed by atoms with van der Waals surface area (Å²) in [6.45, 7) is 4.14. The summed E-state index contributed by atoms with van der Waals surface area (Å²) in [6, 6.07) is 5.01. The first kappa shape index (κ1) is 17.4. The van der Waals surface area contributed by atoms with Crippen LogP contribution in [0.15, 0.2) is 32.0 Å². The molecule has 0 N–H and O–H groups in total. The molecule has 0 amide bonds. The van der Waals surface area contributed by atoms with Crippen LogP contribution < -0.4 is 0 Å². The first-order valence-corrected chi connectivity index (χ1v) is 9.39. The average Bonchev–Trinajstić information content (AvgIpc) is 2.32. The van der Waals surface area contributed by atoms with E-state index >= 15 is 0 Å². The van der Waals surface area contributed by atoms with Crippen molar-refractivity contribution in [2.45, 2.75) is 31.2 Å². The molecule has 0 aliphatic carbocycles. The van der Waals surface area contributed by atoms with Gasteiger partial charge in [0.1, 0.15) is 0 Å². The summed E-state index contributed by atoms with van der Waals surface area (Å²) >= 11 is 12.3. The number of rotatable bonds is 6. The van der Waals surface area contributed by atoms with E-state index in [4.69, 9.17) is 11.6 Å². The highest BCUT2D eigenvalue weighted by atomic mass is 79.9. The monoisotopic (exact) mass is 431 g/mol. The van der Waals surface area contributed by atoms with Crippen LogP contribution in [0.25, 0.3) is 0 Å². The molecule has 108 valence electrons. The van der Waals surface area contributed by atoms with Gasteiger partial charge in [-0.3, -0.25) is 0 Å². The molecule has 1 aromatic rings. The van der Waals surface area contributed by atoms with Crippen molar-refractivity contribution in [1.82, 2.24) is 4.31 Å². The lowest BCUT2D eigenvalue weighted by atomic mass is 10.3. The number of halogens is 3. The van der Waals surface area contributed by atoms with E-state index in [0.29, 0.717) is 23.3 Å². The zero-order chi connectivity index (χ0) is 14.6. The Morgan fingerprint density at radius 2 is 1.95 bits per heavy atom. The van der Waals surface area contributed by atoms with Crippen LogP contribution in [-0.4, -0.2) is 31.2 Å². The molecule has 0 aliphatic rings. The second-order valence-corrected chi connectivity index (χ2v) is 8.33. The van der Waals surface area contributed by atoms with E-state index < -0.39 is 10.0 Å². The highest BCUT2D eigenvalue weighted by Crippen LogP contribution is 2.29. The maximum absolute atomic E-state index is 12.7. The topological polar surface area (TPSA) is 37.4 Å². The smallest absolute Gasteiger partial charge is 0.207 e. The van der Waals surface area contributed by atoms with Crippen molar-refractivity contribution < 1.29 is 8.42 Å². The summed E-state index contributed by atoms with van der Waals surface area (Å²) in [6.07, 6.45) is 0.630. The highest BCUT2D eigenvalue weighted by molar-refractivity contribution is 9.11. The molecule has 0 saturated carbocycles. The van der Waals surface area contributed by atoms with Gasteiger partial charge in [-0.05, 0) is 54.4 Å². The molecule has 7 heteroatoms. The van der Waals surface area contributed by atoms with Crippen molar-refractivity contribution in [3.63, 3.8) is 0 Å². The third-order valence-electron chi connectivity index (χ3n) is 2.57. The molecule has 0 saturated heterocycles. The van der Waals surface area contributed by atoms with Crippen LogP contribution in [0.1, 0.15) is 20.3 Å². The van der Waals surface area contributed by atoms with Crippen LogP contribution >= 0.6 is 43.5 Å². The average molecular weight is 434 g/mol. The van der Waals surface area contributed by atoms with E-state index in [2.05, 4.69) is 31.9 Å². The van der Waals surface area contributed by atoms with Crippen LogP contribution in [0.2, 0.25) is 0 Å². The van der Waals surface area contributed by atoms with E-state index in [1.807, 2.05) is 13.8 Å². The lowest BCUT2D eigenvalue weighted by molar-refractivity contribution is 0.354. The minimum atomic E-state index is -3.53. The Morgan fingerprint density at radius 1 is 1.32 bits per heavy atom. The molecular formula is C12H16Br2ClNO2S. The number of hydrogen-bond donors (Lipinski definition) is 0. The molecule has 3 nitrogen and oxygen atoms in total. The van der Waals surface area contributed by atoms with Crippen molar-refractivity contribution >= 4 is 53.5 Å². The lowest BCUT2D eigenvalue weighted by Gasteiger charge is -2.26. The van der Waals surface area contributed by atoms with E-state index in [1.165, 1.54) is 4.31 Å². The van der Waals surface area contributed by atoms with Crippen LogP contribution in [0.3, 0.4) is 0 Å². The molecule has 0 aliphatic heterocycles. The number of benzene rings is 1. The molecular weight excluding hydrogens is 417 g/mol. The Morgan fingerprint density at radius 3 is 2.47 bits per heavy atom. The van der Waals surface area contributed by atoms with Gasteiger partial charge in [0.05, 0.1) is 4.90 Å². The summed E-state index contributed by atoms with van der Waals surface area (Å²) in [5, 5.41) is 0. The van der Waals surface area contributed by atoms with Crippen LogP contribution in [0, 0.1) is 0 Å². The van der Waals surface area contributed by atoms with Crippen LogP contribution in [0.4, 0.5) is 0 Å². The van der Waals surface area contributed by atoms with E-state index in [0.717, 1.165) is 4.47 Å². The summed E-state index contributed by atoms with van der Waals surface area (Å²) in [7, 11) is -3.53. The maximum Gasteiger partial charge on any atom is 0.244 e. The number of nitrogens with zero attached hydrogens (tertiary/aromatic N) is 1. The minimum Gasteiger partial charge on any atom is -0.207 e. The second-order valence-electron chi connectivity index (χ2n) is 4.33. The molecule has 19 heavy (non-hydrogen) atoms. The van der Waals surface area contributed by atoms with Crippen LogP contribution in [0.5, 0.6) is 0 Å². The molecule has 0 radical (unpaired) electrons. The summed E-state index contributed by atoms with van der Waals surface area (Å²) in [5.74, 6) is 0.443.